The van der Waals surface area contributed by atoms with E-state index in [1.807, 2.05) is 18.2 Å². The lowest BCUT2D eigenvalue weighted by Crippen LogP contribution is -2.18. The first-order valence-electron chi connectivity index (χ1n) is 7.40. The van der Waals surface area contributed by atoms with Crippen molar-refractivity contribution in [1.82, 2.24) is 0 Å². The van der Waals surface area contributed by atoms with Crippen LogP contribution in [0.1, 0.15) is 25.7 Å². The van der Waals surface area contributed by atoms with Gasteiger partial charge in [-0.05, 0) is 25.7 Å². The number of esters is 4. The highest BCUT2D eigenvalue weighted by Gasteiger charge is 2.44. The third kappa shape index (κ3) is 2.61. The first-order chi connectivity index (χ1) is 10.6. The van der Waals surface area contributed by atoms with Gasteiger partial charge in [-0.1, -0.05) is 24.3 Å². The zero-order chi connectivity index (χ0) is 15.7. The molecule has 2 aliphatic heterocycles. The molecule has 0 radical (unpaired) electrons. The molecule has 4 rings (SSSR count). The summed E-state index contributed by atoms with van der Waals surface area (Å²) >= 11 is 0. The Morgan fingerprint density at radius 1 is 0.727 bits per heavy atom. The molecule has 4 unspecified atom stereocenters. The van der Waals surface area contributed by atoms with Gasteiger partial charge < -0.3 is 9.47 Å². The number of fused-ring (bicyclic) bond motifs is 2. The summed E-state index contributed by atoms with van der Waals surface area (Å²) in [6.07, 6.45) is 10.5. The average Bonchev–Trinajstić information content (AvgIpc) is 2.99. The molecular formula is C16H16O6. The second-order valence-corrected chi connectivity index (χ2v) is 5.77. The van der Waals surface area contributed by atoms with E-state index in [2.05, 4.69) is 9.47 Å². The van der Waals surface area contributed by atoms with Gasteiger partial charge in [0.25, 0.3) is 0 Å². The van der Waals surface area contributed by atoms with Crippen molar-refractivity contribution >= 4 is 23.9 Å². The zero-order valence-corrected chi connectivity index (χ0v) is 11.9. The minimum atomic E-state index is -0.379. The lowest BCUT2D eigenvalue weighted by Gasteiger charge is -2.12. The molecule has 116 valence electrons. The van der Waals surface area contributed by atoms with E-state index < -0.39 is 0 Å². The van der Waals surface area contributed by atoms with Gasteiger partial charge in [0.15, 0.2) is 0 Å². The van der Waals surface area contributed by atoms with Gasteiger partial charge in [0.05, 0.1) is 23.7 Å². The third-order valence-electron chi connectivity index (χ3n) is 4.44. The fraction of sp³-hybridized carbons (Fsp3) is 0.500. The molecule has 4 aliphatic rings. The maximum absolute atomic E-state index is 10.9. The summed E-state index contributed by atoms with van der Waals surface area (Å²) in [5.41, 5.74) is 0. The van der Waals surface area contributed by atoms with Gasteiger partial charge in [-0.2, -0.15) is 0 Å². The number of hydrogen-bond acceptors (Lipinski definition) is 6. The fourth-order valence-corrected chi connectivity index (χ4v) is 3.17. The molecule has 22 heavy (non-hydrogen) atoms. The Morgan fingerprint density at radius 3 is 1.86 bits per heavy atom. The SMILES string of the molecule is O=C1OC(=O)C2CC=CCC12.O=C1OC(=O)C2CCC=CC12. The van der Waals surface area contributed by atoms with Gasteiger partial charge in [0, 0.05) is 0 Å². The molecule has 2 heterocycles. The molecular weight excluding hydrogens is 288 g/mol. The lowest BCUT2D eigenvalue weighted by atomic mass is 9.85. The molecule has 0 spiro atoms. The Balaban J connectivity index is 0.000000131. The van der Waals surface area contributed by atoms with Crippen molar-refractivity contribution in [1.29, 1.82) is 0 Å². The number of cyclic esters (lactones) is 4. The second-order valence-electron chi connectivity index (χ2n) is 5.77. The molecule has 2 fully saturated rings. The molecule has 6 nitrogen and oxygen atoms in total. The standard InChI is InChI=1S/2C8H8O3/c2*9-7-5-3-1-2-4-6(5)8(10)11-7/h1,3,5-6H,2,4H2;1-2,5-6H,3-4H2. The number of carbonyl (C=O) groups is 4. The van der Waals surface area contributed by atoms with Crippen LogP contribution in [0.5, 0.6) is 0 Å². The predicted molar refractivity (Wildman–Crippen MR) is 72.9 cm³/mol. The molecule has 4 atom stereocenters. The van der Waals surface area contributed by atoms with E-state index in [-0.39, 0.29) is 47.5 Å². The number of carbonyl (C=O) groups excluding carboxylic acids is 4. The Kier molecular flexibility index (Phi) is 3.92. The van der Waals surface area contributed by atoms with Crippen molar-refractivity contribution < 1.29 is 28.7 Å². The quantitative estimate of drug-likeness (QED) is 0.381. The van der Waals surface area contributed by atoms with Crippen LogP contribution >= 0.6 is 0 Å². The molecule has 0 aromatic carbocycles. The normalized spacial score (nSPS) is 35.3. The maximum atomic E-state index is 10.9. The van der Waals surface area contributed by atoms with Crippen LogP contribution < -0.4 is 0 Å². The van der Waals surface area contributed by atoms with Crippen molar-refractivity contribution in [3.05, 3.63) is 24.3 Å². The van der Waals surface area contributed by atoms with Crippen LogP contribution in [0.2, 0.25) is 0 Å². The molecule has 2 saturated heterocycles. The van der Waals surface area contributed by atoms with Gasteiger partial charge in [-0.25, -0.2) is 0 Å². The topological polar surface area (TPSA) is 86.7 Å². The van der Waals surface area contributed by atoms with Crippen LogP contribution in [0.3, 0.4) is 0 Å². The molecule has 0 aromatic heterocycles. The Morgan fingerprint density at radius 2 is 1.27 bits per heavy atom. The van der Waals surface area contributed by atoms with Crippen molar-refractivity contribution in [2.75, 3.05) is 0 Å². The van der Waals surface area contributed by atoms with Gasteiger partial charge in [0.2, 0.25) is 0 Å². The van der Waals surface area contributed by atoms with E-state index in [0.717, 1.165) is 12.8 Å². The molecule has 6 heteroatoms. The highest BCUT2D eigenvalue weighted by Crippen LogP contribution is 2.33. The summed E-state index contributed by atoms with van der Waals surface area (Å²) in [7, 11) is 0. The molecule has 0 saturated carbocycles. The Labute approximate surface area is 127 Å². The number of hydrogen-bond donors (Lipinski definition) is 0. The van der Waals surface area contributed by atoms with Crippen molar-refractivity contribution in [3.63, 3.8) is 0 Å². The zero-order valence-electron chi connectivity index (χ0n) is 11.9. The molecule has 0 N–H and O–H groups in total. The first kappa shape index (κ1) is 14.7. The predicted octanol–water partition coefficient (Wildman–Crippen LogP) is 1.30. The smallest absolute Gasteiger partial charge is 0.321 e. The van der Waals surface area contributed by atoms with Gasteiger partial charge in [-0.3, -0.25) is 19.2 Å². The van der Waals surface area contributed by atoms with Crippen LogP contribution in [0.25, 0.3) is 0 Å². The van der Waals surface area contributed by atoms with E-state index in [4.69, 9.17) is 0 Å². The summed E-state index contributed by atoms with van der Waals surface area (Å²) in [6, 6.07) is 0. The van der Waals surface area contributed by atoms with Gasteiger partial charge in [0.1, 0.15) is 0 Å². The van der Waals surface area contributed by atoms with Crippen molar-refractivity contribution in [2.24, 2.45) is 23.7 Å². The van der Waals surface area contributed by atoms with E-state index in [1.54, 1.807) is 6.08 Å². The Bertz CT molecular complexity index is 555. The number of ether oxygens (including phenoxy) is 2. The summed E-state index contributed by atoms with van der Waals surface area (Å²) in [4.78, 5) is 43.8. The monoisotopic (exact) mass is 304 g/mol. The average molecular weight is 304 g/mol. The molecule has 2 aliphatic carbocycles. The van der Waals surface area contributed by atoms with E-state index in [1.165, 1.54) is 0 Å². The fourth-order valence-electron chi connectivity index (χ4n) is 3.17. The maximum Gasteiger partial charge on any atom is 0.321 e. The largest absolute Gasteiger partial charge is 0.393 e. The minimum Gasteiger partial charge on any atom is -0.393 e. The number of allylic oxidation sites excluding steroid dienone is 3. The minimum absolute atomic E-state index is 0.188. The van der Waals surface area contributed by atoms with Crippen molar-refractivity contribution in [3.8, 4) is 0 Å². The summed E-state index contributed by atoms with van der Waals surface area (Å²) < 4.78 is 8.97. The van der Waals surface area contributed by atoms with Crippen LogP contribution in [0, 0.1) is 23.7 Å². The summed E-state index contributed by atoms with van der Waals surface area (Å²) in [5.74, 6) is -2.25. The van der Waals surface area contributed by atoms with E-state index in [9.17, 15) is 19.2 Å². The summed E-state index contributed by atoms with van der Waals surface area (Å²) in [5, 5.41) is 0. The molecule has 0 aromatic rings. The first-order valence-corrected chi connectivity index (χ1v) is 7.40. The van der Waals surface area contributed by atoms with Gasteiger partial charge >= 0.3 is 23.9 Å². The molecule has 0 bridgehead atoms. The van der Waals surface area contributed by atoms with Crippen LogP contribution in [-0.4, -0.2) is 23.9 Å². The third-order valence-corrected chi connectivity index (χ3v) is 4.44. The van der Waals surface area contributed by atoms with Crippen LogP contribution in [0.4, 0.5) is 0 Å². The Hall–Kier alpha value is -2.24. The highest BCUT2D eigenvalue weighted by molar-refractivity contribution is 5.98. The lowest BCUT2D eigenvalue weighted by molar-refractivity contribution is -0.155. The van der Waals surface area contributed by atoms with Gasteiger partial charge in [-0.15, -0.1) is 0 Å². The van der Waals surface area contributed by atoms with Crippen molar-refractivity contribution in [2.45, 2.75) is 25.7 Å². The van der Waals surface area contributed by atoms with Crippen LogP contribution in [0.15, 0.2) is 24.3 Å². The second kappa shape index (κ2) is 5.87. The highest BCUT2D eigenvalue weighted by atomic mass is 16.6. The molecule has 0 amide bonds. The van der Waals surface area contributed by atoms with Crippen LogP contribution in [-0.2, 0) is 28.7 Å². The summed E-state index contributed by atoms with van der Waals surface area (Å²) in [6.45, 7) is 0. The van der Waals surface area contributed by atoms with E-state index >= 15 is 0 Å². The van der Waals surface area contributed by atoms with E-state index in [0.29, 0.717) is 12.8 Å². The number of rotatable bonds is 0.